The Kier molecular flexibility index (Phi) is 7.57. The number of ether oxygens (including phenoxy) is 1. The van der Waals surface area contributed by atoms with Crippen molar-refractivity contribution in [3.8, 4) is 0 Å². The molecule has 0 spiro atoms. The molecule has 1 aromatic carbocycles. The van der Waals surface area contributed by atoms with Gasteiger partial charge in [0.25, 0.3) is 10.1 Å². The first-order valence-corrected chi connectivity index (χ1v) is 10.5. The summed E-state index contributed by atoms with van der Waals surface area (Å²) in [6.07, 6.45) is -3.64. The average molecular weight is 455 g/mol. The first-order valence-electron chi connectivity index (χ1n) is 9.09. The molecule has 3 rings (SSSR count). The van der Waals surface area contributed by atoms with Crippen molar-refractivity contribution in [3.63, 3.8) is 0 Å². The molecule has 0 aliphatic carbocycles. The Morgan fingerprint density at radius 1 is 1.13 bits per heavy atom. The van der Waals surface area contributed by atoms with E-state index >= 15 is 0 Å². The standard InChI is InChI=1S/C12H17N3O5.C7H8O3S/c1-5(2)7(16)10-8(17)9(18)11(20-10)15-4-3-6(13)14-12(15)19;1-6-2-4-7(5-3-6)11(8,9)10/h3-4,8-11,16-18H,1-2H3,(H2,13,14,19);2-5H,1H3,(H,8,9,10)/t8-,9+,10+,11+;/m0./s1. The van der Waals surface area contributed by atoms with Crippen LogP contribution in [0, 0.1) is 6.92 Å². The number of aromatic nitrogens is 2. The van der Waals surface area contributed by atoms with Crippen molar-refractivity contribution in [2.75, 3.05) is 5.73 Å². The minimum Gasteiger partial charge on any atom is -0.510 e. The number of hydrogen-bond acceptors (Lipinski definition) is 9. The molecule has 0 unspecified atom stereocenters. The number of nitrogens with two attached hydrogens (primary N) is 1. The van der Waals surface area contributed by atoms with Crippen LogP contribution in [-0.4, -0.2) is 56.2 Å². The van der Waals surface area contributed by atoms with E-state index in [1.807, 2.05) is 6.92 Å². The van der Waals surface area contributed by atoms with Gasteiger partial charge in [-0.25, -0.2) is 4.79 Å². The predicted molar refractivity (Wildman–Crippen MR) is 111 cm³/mol. The van der Waals surface area contributed by atoms with E-state index in [-0.39, 0.29) is 16.5 Å². The average Bonchev–Trinajstić information content (AvgIpc) is 2.96. The molecule has 1 fully saturated rings. The van der Waals surface area contributed by atoms with Crippen LogP contribution >= 0.6 is 0 Å². The Balaban J connectivity index is 0.000000262. The van der Waals surface area contributed by atoms with Crippen LogP contribution in [-0.2, 0) is 14.9 Å². The molecule has 6 N–H and O–H groups in total. The molecular formula is C19H25N3O8S. The van der Waals surface area contributed by atoms with Crippen LogP contribution in [0.15, 0.2) is 57.6 Å². The highest BCUT2D eigenvalue weighted by Crippen LogP contribution is 2.32. The zero-order chi connectivity index (χ0) is 23.5. The molecule has 0 radical (unpaired) electrons. The van der Waals surface area contributed by atoms with Crippen molar-refractivity contribution in [3.05, 3.63) is 63.9 Å². The zero-order valence-electron chi connectivity index (χ0n) is 17.1. The summed E-state index contributed by atoms with van der Waals surface area (Å²) in [6.45, 7) is 5.12. The number of nitrogens with zero attached hydrogens (tertiary/aromatic N) is 2. The molecule has 12 heteroatoms. The number of aryl methyl sites for hydroxylation is 1. The largest absolute Gasteiger partial charge is 0.510 e. The van der Waals surface area contributed by atoms with Gasteiger partial charge in [-0.3, -0.25) is 9.12 Å². The number of aliphatic hydroxyl groups is 3. The summed E-state index contributed by atoms with van der Waals surface area (Å²) < 4.78 is 36.0. The minimum absolute atomic E-state index is 0.0444. The zero-order valence-corrected chi connectivity index (χ0v) is 17.9. The fraction of sp³-hybridized carbons (Fsp3) is 0.368. The smallest absolute Gasteiger partial charge is 0.351 e. The molecular weight excluding hydrogens is 430 g/mol. The molecule has 0 saturated carbocycles. The number of hydrogen-bond donors (Lipinski definition) is 5. The Bertz CT molecular complexity index is 1110. The lowest BCUT2D eigenvalue weighted by molar-refractivity contribution is -0.0392. The molecule has 0 bridgehead atoms. The maximum atomic E-state index is 11.7. The first-order chi connectivity index (χ1) is 14.3. The van der Waals surface area contributed by atoms with Crippen molar-refractivity contribution in [2.24, 2.45) is 0 Å². The fourth-order valence-corrected chi connectivity index (χ4v) is 3.21. The molecule has 1 aliphatic rings. The molecule has 2 heterocycles. The second-order valence-electron chi connectivity index (χ2n) is 7.14. The van der Waals surface area contributed by atoms with Crippen LogP contribution in [0.2, 0.25) is 0 Å². The maximum absolute atomic E-state index is 11.7. The fourth-order valence-electron chi connectivity index (χ4n) is 2.73. The van der Waals surface area contributed by atoms with E-state index in [9.17, 15) is 28.5 Å². The van der Waals surface area contributed by atoms with E-state index in [1.54, 1.807) is 26.0 Å². The summed E-state index contributed by atoms with van der Waals surface area (Å²) >= 11 is 0. The summed E-state index contributed by atoms with van der Waals surface area (Å²) in [5, 5.41) is 29.8. The van der Waals surface area contributed by atoms with Gasteiger partial charge in [-0.2, -0.15) is 13.4 Å². The van der Waals surface area contributed by atoms with Gasteiger partial charge in [0, 0.05) is 6.20 Å². The lowest BCUT2D eigenvalue weighted by Crippen LogP contribution is -2.35. The number of allylic oxidation sites excluding steroid dienone is 1. The molecule has 170 valence electrons. The van der Waals surface area contributed by atoms with Gasteiger partial charge < -0.3 is 25.8 Å². The van der Waals surface area contributed by atoms with Crippen molar-refractivity contribution in [2.45, 2.75) is 50.2 Å². The maximum Gasteiger partial charge on any atom is 0.351 e. The van der Waals surface area contributed by atoms with Gasteiger partial charge in [-0.05, 0) is 44.5 Å². The SMILES string of the molecule is CC(C)=C(O)[C@H]1O[C@@H](n2ccc(N)nc2=O)[C@H](O)[C@@H]1O.Cc1ccc(S(=O)(=O)O)cc1. The van der Waals surface area contributed by atoms with Crippen molar-refractivity contribution < 1.29 is 33.0 Å². The number of rotatable bonds is 3. The molecule has 1 aromatic heterocycles. The summed E-state index contributed by atoms with van der Waals surface area (Å²) in [5.41, 5.74) is 6.17. The van der Waals surface area contributed by atoms with Gasteiger partial charge in [0.15, 0.2) is 6.23 Å². The Morgan fingerprint density at radius 2 is 1.71 bits per heavy atom. The van der Waals surface area contributed by atoms with Gasteiger partial charge in [0.1, 0.15) is 29.9 Å². The topological polar surface area (TPSA) is 185 Å². The lowest BCUT2D eigenvalue weighted by atomic mass is 10.1. The lowest BCUT2D eigenvalue weighted by Gasteiger charge is -2.16. The highest BCUT2D eigenvalue weighted by Gasteiger charge is 2.46. The van der Waals surface area contributed by atoms with E-state index < -0.39 is 40.3 Å². The highest BCUT2D eigenvalue weighted by molar-refractivity contribution is 7.85. The summed E-state index contributed by atoms with van der Waals surface area (Å²) in [6, 6.07) is 7.36. The number of anilines is 1. The van der Waals surface area contributed by atoms with Crippen molar-refractivity contribution in [1.82, 2.24) is 9.55 Å². The molecule has 31 heavy (non-hydrogen) atoms. The highest BCUT2D eigenvalue weighted by atomic mass is 32.2. The first kappa shape index (κ1) is 24.5. The van der Waals surface area contributed by atoms with E-state index in [4.69, 9.17) is 15.0 Å². The molecule has 1 saturated heterocycles. The van der Waals surface area contributed by atoms with Crippen LogP contribution < -0.4 is 11.4 Å². The molecule has 0 amide bonds. The van der Waals surface area contributed by atoms with Crippen molar-refractivity contribution in [1.29, 1.82) is 0 Å². The van der Waals surface area contributed by atoms with Crippen LogP contribution in [0.4, 0.5) is 5.82 Å². The number of benzene rings is 1. The number of nitrogen functional groups attached to an aromatic ring is 1. The van der Waals surface area contributed by atoms with E-state index in [2.05, 4.69) is 4.98 Å². The van der Waals surface area contributed by atoms with E-state index in [0.717, 1.165) is 10.1 Å². The van der Waals surface area contributed by atoms with Gasteiger partial charge in [0.2, 0.25) is 0 Å². The molecule has 4 atom stereocenters. The second-order valence-corrected chi connectivity index (χ2v) is 8.57. The summed E-state index contributed by atoms with van der Waals surface area (Å²) in [5.74, 6) is -0.126. The number of aliphatic hydroxyl groups excluding tert-OH is 3. The van der Waals surface area contributed by atoms with Crippen LogP contribution in [0.5, 0.6) is 0 Å². The van der Waals surface area contributed by atoms with Crippen LogP contribution in [0.3, 0.4) is 0 Å². The van der Waals surface area contributed by atoms with Gasteiger partial charge in [0.05, 0.1) is 4.90 Å². The van der Waals surface area contributed by atoms with Gasteiger partial charge in [-0.1, -0.05) is 17.7 Å². The van der Waals surface area contributed by atoms with Crippen molar-refractivity contribution >= 4 is 15.9 Å². The molecule has 11 nitrogen and oxygen atoms in total. The summed E-state index contributed by atoms with van der Waals surface area (Å²) in [7, 11) is -4.02. The Morgan fingerprint density at radius 3 is 2.19 bits per heavy atom. The molecule has 1 aliphatic heterocycles. The Hall–Kier alpha value is -2.77. The predicted octanol–water partition coefficient (Wildman–Crippen LogP) is 0.538. The monoisotopic (exact) mass is 455 g/mol. The van der Waals surface area contributed by atoms with E-state index in [1.165, 1.54) is 24.4 Å². The molecule has 2 aromatic rings. The van der Waals surface area contributed by atoms with Crippen LogP contribution in [0.25, 0.3) is 0 Å². The normalized spacial score (nSPS) is 23.0. The third kappa shape index (κ3) is 5.89. The van der Waals surface area contributed by atoms with Gasteiger partial charge in [-0.15, -0.1) is 0 Å². The Labute approximate surface area is 178 Å². The minimum atomic E-state index is -4.02. The van der Waals surface area contributed by atoms with Gasteiger partial charge >= 0.3 is 5.69 Å². The third-order valence-corrected chi connectivity index (χ3v) is 5.33. The second kappa shape index (κ2) is 9.58. The quantitative estimate of drug-likeness (QED) is 0.323. The third-order valence-electron chi connectivity index (χ3n) is 4.46. The van der Waals surface area contributed by atoms with Crippen LogP contribution in [0.1, 0.15) is 25.6 Å². The van der Waals surface area contributed by atoms with E-state index in [0.29, 0.717) is 5.57 Å². The summed E-state index contributed by atoms with van der Waals surface area (Å²) in [4.78, 5) is 15.2.